The summed E-state index contributed by atoms with van der Waals surface area (Å²) in [4.78, 5) is 39.9. The van der Waals surface area contributed by atoms with Crippen LogP contribution in [0.25, 0.3) is 5.57 Å². The number of carbonyl (C=O) groups is 2. The molecule has 1 N–H and O–H groups in total. The minimum Gasteiger partial charge on any atom is -0.392 e. The average molecular weight is 442 g/mol. The van der Waals surface area contributed by atoms with Crippen molar-refractivity contribution in [3.63, 3.8) is 0 Å². The van der Waals surface area contributed by atoms with Gasteiger partial charge in [0.15, 0.2) is 0 Å². The molecule has 0 bridgehead atoms. The van der Waals surface area contributed by atoms with Gasteiger partial charge in [-0.15, -0.1) is 0 Å². The number of piperazine rings is 1. The third-order valence-electron chi connectivity index (χ3n) is 5.14. The molecule has 1 aliphatic heterocycles. The van der Waals surface area contributed by atoms with Gasteiger partial charge < -0.3 is 14.9 Å². The molecular formula is C22H23N3O5S. The Kier molecular flexibility index (Phi) is 7.09. The number of nitro benzene ring substituents is 1. The Labute approximate surface area is 184 Å². The standard InChI is InChI=1S/C22H23N3O5S/c1-15(22(28)24-11-9-23(10-12-24)16(2)27)17-7-8-21(19(13-17)25(29)30)31-20-6-4-3-5-18(20)14-26/h3-8,13,26H,1,9-12,14H2,2H3. The summed E-state index contributed by atoms with van der Waals surface area (Å²) in [6.07, 6.45) is 0. The van der Waals surface area contributed by atoms with Crippen molar-refractivity contribution >= 4 is 34.8 Å². The second kappa shape index (κ2) is 9.76. The van der Waals surface area contributed by atoms with Crippen LogP contribution in [0.3, 0.4) is 0 Å². The molecule has 1 aliphatic rings. The van der Waals surface area contributed by atoms with Gasteiger partial charge in [0, 0.05) is 49.6 Å². The van der Waals surface area contributed by atoms with E-state index in [2.05, 4.69) is 6.58 Å². The molecule has 0 aromatic heterocycles. The highest BCUT2D eigenvalue weighted by Crippen LogP contribution is 2.38. The van der Waals surface area contributed by atoms with Gasteiger partial charge in [0.25, 0.3) is 11.6 Å². The van der Waals surface area contributed by atoms with E-state index in [0.717, 1.165) is 4.90 Å². The quantitative estimate of drug-likeness (QED) is 0.420. The first-order chi connectivity index (χ1) is 14.8. The molecule has 0 unspecified atom stereocenters. The summed E-state index contributed by atoms with van der Waals surface area (Å²) in [7, 11) is 0. The number of rotatable bonds is 6. The van der Waals surface area contributed by atoms with Crippen molar-refractivity contribution < 1.29 is 19.6 Å². The van der Waals surface area contributed by atoms with Crippen LogP contribution in [-0.2, 0) is 16.2 Å². The number of nitro groups is 1. The molecule has 3 rings (SSSR count). The fourth-order valence-electron chi connectivity index (χ4n) is 3.33. The van der Waals surface area contributed by atoms with Crippen LogP contribution in [0.2, 0.25) is 0 Å². The molecule has 0 saturated carbocycles. The highest BCUT2D eigenvalue weighted by molar-refractivity contribution is 7.99. The van der Waals surface area contributed by atoms with Crippen LogP contribution in [0.1, 0.15) is 18.1 Å². The van der Waals surface area contributed by atoms with Crippen molar-refractivity contribution in [1.82, 2.24) is 9.80 Å². The van der Waals surface area contributed by atoms with Crippen molar-refractivity contribution in [2.75, 3.05) is 26.2 Å². The van der Waals surface area contributed by atoms with E-state index >= 15 is 0 Å². The van der Waals surface area contributed by atoms with E-state index in [4.69, 9.17) is 0 Å². The number of carbonyl (C=O) groups excluding carboxylic acids is 2. The fraction of sp³-hybridized carbons (Fsp3) is 0.273. The number of hydrogen-bond donors (Lipinski definition) is 1. The van der Waals surface area contributed by atoms with Crippen LogP contribution in [0, 0.1) is 10.1 Å². The van der Waals surface area contributed by atoms with Gasteiger partial charge in [0.05, 0.1) is 16.4 Å². The lowest BCUT2D eigenvalue weighted by Gasteiger charge is -2.34. The van der Waals surface area contributed by atoms with Crippen LogP contribution in [0.15, 0.2) is 58.8 Å². The van der Waals surface area contributed by atoms with E-state index in [1.807, 2.05) is 0 Å². The van der Waals surface area contributed by atoms with Gasteiger partial charge in [-0.1, -0.05) is 42.6 Å². The molecule has 162 valence electrons. The number of hydrogen-bond acceptors (Lipinski definition) is 6. The minimum atomic E-state index is -0.489. The summed E-state index contributed by atoms with van der Waals surface area (Å²) >= 11 is 1.19. The summed E-state index contributed by atoms with van der Waals surface area (Å²) in [6, 6.07) is 11.7. The molecule has 0 atom stereocenters. The normalized spacial score (nSPS) is 13.7. The van der Waals surface area contributed by atoms with Gasteiger partial charge in [0.1, 0.15) is 0 Å². The van der Waals surface area contributed by atoms with Gasteiger partial charge >= 0.3 is 0 Å². The molecule has 0 aliphatic carbocycles. The van der Waals surface area contributed by atoms with Gasteiger partial charge in [-0.05, 0) is 23.3 Å². The number of benzene rings is 2. The van der Waals surface area contributed by atoms with E-state index in [9.17, 15) is 24.8 Å². The Morgan fingerprint density at radius 3 is 2.35 bits per heavy atom. The van der Waals surface area contributed by atoms with Crippen LogP contribution in [-0.4, -0.2) is 57.8 Å². The molecule has 2 aromatic rings. The molecule has 31 heavy (non-hydrogen) atoms. The second-order valence-corrected chi connectivity index (χ2v) is 8.17. The second-order valence-electron chi connectivity index (χ2n) is 7.08. The summed E-state index contributed by atoms with van der Waals surface area (Å²) in [5.74, 6) is -0.332. The maximum Gasteiger partial charge on any atom is 0.283 e. The lowest BCUT2D eigenvalue weighted by atomic mass is 10.1. The molecule has 9 heteroatoms. The molecule has 1 saturated heterocycles. The Morgan fingerprint density at radius 1 is 1.10 bits per heavy atom. The highest BCUT2D eigenvalue weighted by Gasteiger charge is 2.26. The summed E-state index contributed by atoms with van der Waals surface area (Å²) in [5, 5.41) is 21.2. The molecule has 2 aromatic carbocycles. The van der Waals surface area contributed by atoms with Crippen LogP contribution in [0.4, 0.5) is 5.69 Å². The molecule has 0 radical (unpaired) electrons. The fourth-order valence-corrected chi connectivity index (χ4v) is 4.35. The topological polar surface area (TPSA) is 104 Å². The van der Waals surface area contributed by atoms with Crippen molar-refractivity contribution in [3.05, 3.63) is 70.3 Å². The Bertz CT molecular complexity index is 1030. The number of amides is 2. The van der Waals surface area contributed by atoms with E-state index < -0.39 is 4.92 Å². The van der Waals surface area contributed by atoms with Crippen LogP contribution < -0.4 is 0 Å². The summed E-state index contributed by atoms with van der Waals surface area (Å²) < 4.78 is 0. The van der Waals surface area contributed by atoms with Crippen LogP contribution in [0.5, 0.6) is 0 Å². The third-order valence-corrected chi connectivity index (χ3v) is 6.32. The van der Waals surface area contributed by atoms with Crippen molar-refractivity contribution in [2.45, 2.75) is 23.3 Å². The predicted octanol–water partition coefficient (Wildman–Crippen LogP) is 2.94. The number of aliphatic hydroxyl groups excluding tert-OH is 1. The van der Waals surface area contributed by atoms with Crippen molar-refractivity contribution in [2.24, 2.45) is 0 Å². The predicted molar refractivity (Wildman–Crippen MR) is 117 cm³/mol. The average Bonchev–Trinajstić information content (AvgIpc) is 2.78. The van der Waals surface area contributed by atoms with E-state index in [0.29, 0.717) is 42.2 Å². The zero-order chi connectivity index (χ0) is 22.5. The minimum absolute atomic E-state index is 0.0302. The molecule has 1 heterocycles. The Morgan fingerprint density at radius 2 is 1.74 bits per heavy atom. The molecule has 1 fully saturated rings. The van der Waals surface area contributed by atoms with Crippen molar-refractivity contribution in [1.29, 1.82) is 0 Å². The Hall–Kier alpha value is -3.17. The SMILES string of the molecule is C=C(C(=O)N1CCN(C(C)=O)CC1)c1ccc(Sc2ccccc2CO)c([N+](=O)[O-])c1. The number of aliphatic hydroxyl groups is 1. The smallest absolute Gasteiger partial charge is 0.283 e. The molecule has 0 spiro atoms. The van der Waals surface area contributed by atoms with Crippen LogP contribution >= 0.6 is 11.8 Å². The zero-order valence-corrected chi connectivity index (χ0v) is 17.9. The first-order valence-electron chi connectivity index (χ1n) is 9.71. The highest BCUT2D eigenvalue weighted by atomic mass is 32.2. The van der Waals surface area contributed by atoms with Crippen molar-refractivity contribution in [3.8, 4) is 0 Å². The van der Waals surface area contributed by atoms with Gasteiger partial charge in [-0.25, -0.2) is 0 Å². The maximum absolute atomic E-state index is 12.8. The van der Waals surface area contributed by atoms with Gasteiger partial charge in [-0.2, -0.15) is 0 Å². The third kappa shape index (κ3) is 5.12. The molecule has 2 amide bonds. The maximum atomic E-state index is 12.8. The van der Waals surface area contributed by atoms with E-state index in [1.165, 1.54) is 24.8 Å². The Balaban J connectivity index is 1.80. The lowest BCUT2D eigenvalue weighted by Crippen LogP contribution is -2.50. The summed E-state index contributed by atoms with van der Waals surface area (Å²) in [5.41, 5.74) is 1.10. The van der Waals surface area contributed by atoms with Gasteiger partial charge in [0.2, 0.25) is 5.91 Å². The van der Waals surface area contributed by atoms with E-state index in [1.54, 1.807) is 46.2 Å². The zero-order valence-electron chi connectivity index (χ0n) is 17.1. The lowest BCUT2D eigenvalue weighted by molar-refractivity contribution is -0.387. The monoisotopic (exact) mass is 441 g/mol. The first-order valence-corrected chi connectivity index (χ1v) is 10.5. The molecular weight excluding hydrogens is 418 g/mol. The summed E-state index contributed by atoms with van der Waals surface area (Å²) in [6.45, 7) is 6.88. The van der Waals surface area contributed by atoms with Gasteiger partial charge in [-0.3, -0.25) is 19.7 Å². The molecule has 8 nitrogen and oxygen atoms in total. The first kappa shape index (κ1) is 22.5. The largest absolute Gasteiger partial charge is 0.392 e. The number of nitrogens with zero attached hydrogens (tertiary/aromatic N) is 3. The van der Waals surface area contributed by atoms with E-state index in [-0.39, 0.29) is 29.7 Å².